The van der Waals surface area contributed by atoms with Crippen molar-refractivity contribution in [2.24, 2.45) is 5.73 Å². The molecule has 2 rings (SSSR count). The van der Waals surface area contributed by atoms with Crippen molar-refractivity contribution in [1.29, 1.82) is 0 Å². The quantitative estimate of drug-likeness (QED) is 0.778. The third-order valence-electron chi connectivity index (χ3n) is 2.25. The summed E-state index contributed by atoms with van der Waals surface area (Å²) in [6.45, 7) is 0.540. The van der Waals surface area contributed by atoms with Gasteiger partial charge in [-0.05, 0) is 17.2 Å². The first-order valence-corrected chi connectivity index (χ1v) is 4.73. The molecule has 3 nitrogen and oxygen atoms in total. The van der Waals surface area contributed by atoms with Crippen LogP contribution in [0, 0.1) is 0 Å². The van der Waals surface area contributed by atoms with E-state index in [-0.39, 0.29) is 5.75 Å². The van der Waals surface area contributed by atoms with Crippen LogP contribution in [-0.4, -0.2) is 10.1 Å². The molecule has 0 bridgehead atoms. The van der Waals surface area contributed by atoms with E-state index in [1.807, 2.05) is 24.3 Å². The second kappa shape index (κ2) is 4.11. The molecule has 0 radical (unpaired) electrons. The van der Waals surface area contributed by atoms with Crippen molar-refractivity contribution in [3.63, 3.8) is 0 Å². The molecule has 1 heterocycles. The SMILES string of the molecule is NCc1ccc(-c2cncc(O)c2)cc1. The molecule has 76 valence electrons. The minimum absolute atomic E-state index is 0.176. The first kappa shape index (κ1) is 9.68. The summed E-state index contributed by atoms with van der Waals surface area (Å²) >= 11 is 0. The molecule has 0 saturated heterocycles. The number of benzene rings is 1. The molecular formula is C12H12N2O. The lowest BCUT2D eigenvalue weighted by Crippen LogP contribution is -1.95. The number of aromatic hydroxyl groups is 1. The van der Waals surface area contributed by atoms with Crippen LogP contribution in [0.5, 0.6) is 5.75 Å². The molecule has 2 aromatic rings. The minimum atomic E-state index is 0.176. The van der Waals surface area contributed by atoms with Gasteiger partial charge in [-0.15, -0.1) is 0 Å². The highest BCUT2D eigenvalue weighted by Gasteiger charge is 1.99. The molecule has 0 amide bonds. The van der Waals surface area contributed by atoms with Gasteiger partial charge < -0.3 is 10.8 Å². The summed E-state index contributed by atoms with van der Waals surface area (Å²) in [6.07, 6.45) is 3.13. The van der Waals surface area contributed by atoms with E-state index in [1.54, 1.807) is 12.3 Å². The van der Waals surface area contributed by atoms with Crippen LogP contribution in [0.1, 0.15) is 5.56 Å². The summed E-state index contributed by atoms with van der Waals surface area (Å²) in [5, 5.41) is 9.29. The molecule has 15 heavy (non-hydrogen) atoms. The van der Waals surface area contributed by atoms with Crippen LogP contribution in [0.4, 0.5) is 0 Å². The first-order valence-electron chi connectivity index (χ1n) is 4.73. The lowest BCUT2D eigenvalue weighted by molar-refractivity contribution is 0.473. The normalized spacial score (nSPS) is 10.2. The molecule has 0 fully saturated rings. The highest BCUT2D eigenvalue weighted by Crippen LogP contribution is 2.21. The second-order valence-electron chi connectivity index (χ2n) is 3.33. The lowest BCUT2D eigenvalue weighted by atomic mass is 10.1. The van der Waals surface area contributed by atoms with Gasteiger partial charge in [0, 0.05) is 18.3 Å². The standard InChI is InChI=1S/C12H12N2O/c13-6-9-1-3-10(4-2-9)11-5-12(15)8-14-7-11/h1-5,7-8,15H,6,13H2. The molecule has 0 atom stereocenters. The van der Waals surface area contributed by atoms with E-state index in [0.717, 1.165) is 16.7 Å². The third kappa shape index (κ3) is 2.14. The topological polar surface area (TPSA) is 59.1 Å². The van der Waals surface area contributed by atoms with Gasteiger partial charge in [0.1, 0.15) is 5.75 Å². The van der Waals surface area contributed by atoms with E-state index in [0.29, 0.717) is 6.54 Å². The molecule has 0 aliphatic carbocycles. The number of aromatic nitrogens is 1. The highest BCUT2D eigenvalue weighted by atomic mass is 16.3. The number of nitrogens with two attached hydrogens (primary N) is 1. The molecule has 1 aromatic carbocycles. The Morgan fingerprint density at radius 1 is 1.07 bits per heavy atom. The molecule has 0 aliphatic heterocycles. The monoisotopic (exact) mass is 200 g/mol. The lowest BCUT2D eigenvalue weighted by Gasteiger charge is -2.02. The van der Waals surface area contributed by atoms with Gasteiger partial charge in [-0.1, -0.05) is 24.3 Å². The largest absolute Gasteiger partial charge is 0.506 e. The Hall–Kier alpha value is -1.87. The van der Waals surface area contributed by atoms with Gasteiger partial charge in [0.15, 0.2) is 0 Å². The molecule has 1 aromatic heterocycles. The molecule has 3 N–H and O–H groups in total. The Morgan fingerprint density at radius 2 is 1.80 bits per heavy atom. The molecular weight excluding hydrogens is 188 g/mol. The van der Waals surface area contributed by atoms with Crippen molar-refractivity contribution < 1.29 is 5.11 Å². The molecule has 0 aliphatic rings. The van der Waals surface area contributed by atoms with Crippen molar-refractivity contribution in [2.75, 3.05) is 0 Å². The van der Waals surface area contributed by atoms with Crippen LogP contribution in [0.25, 0.3) is 11.1 Å². The fourth-order valence-corrected chi connectivity index (χ4v) is 1.42. The van der Waals surface area contributed by atoms with Gasteiger partial charge in [-0.25, -0.2) is 0 Å². The van der Waals surface area contributed by atoms with E-state index in [2.05, 4.69) is 4.98 Å². The summed E-state index contributed by atoms with van der Waals surface area (Å²) in [5.74, 6) is 0.176. The molecule has 0 spiro atoms. The summed E-state index contributed by atoms with van der Waals surface area (Å²) in [4.78, 5) is 3.93. The number of rotatable bonds is 2. The van der Waals surface area contributed by atoms with Gasteiger partial charge in [-0.2, -0.15) is 0 Å². The van der Waals surface area contributed by atoms with E-state index >= 15 is 0 Å². The predicted molar refractivity (Wildman–Crippen MR) is 59.2 cm³/mol. The van der Waals surface area contributed by atoms with E-state index < -0.39 is 0 Å². The van der Waals surface area contributed by atoms with E-state index in [1.165, 1.54) is 6.20 Å². The van der Waals surface area contributed by atoms with Crippen LogP contribution >= 0.6 is 0 Å². The molecule has 0 saturated carbocycles. The van der Waals surface area contributed by atoms with Crippen molar-refractivity contribution >= 4 is 0 Å². The fourth-order valence-electron chi connectivity index (χ4n) is 1.42. The Kier molecular flexibility index (Phi) is 2.65. The smallest absolute Gasteiger partial charge is 0.134 e. The first-order chi connectivity index (χ1) is 7.29. The van der Waals surface area contributed by atoms with E-state index in [9.17, 15) is 5.11 Å². The second-order valence-corrected chi connectivity index (χ2v) is 3.33. The van der Waals surface area contributed by atoms with Crippen LogP contribution in [0.2, 0.25) is 0 Å². The van der Waals surface area contributed by atoms with Crippen LogP contribution < -0.4 is 5.73 Å². The van der Waals surface area contributed by atoms with Crippen LogP contribution in [-0.2, 0) is 6.54 Å². The van der Waals surface area contributed by atoms with Gasteiger partial charge in [0.25, 0.3) is 0 Å². The Balaban J connectivity index is 2.37. The third-order valence-corrected chi connectivity index (χ3v) is 2.25. The van der Waals surface area contributed by atoms with Crippen LogP contribution in [0.15, 0.2) is 42.7 Å². The molecule has 3 heteroatoms. The van der Waals surface area contributed by atoms with Gasteiger partial charge >= 0.3 is 0 Å². The number of nitrogens with zero attached hydrogens (tertiary/aromatic N) is 1. The number of pyridine rings is 1. The number of hydrogen-bond acceptors (Lipinski definition) is 3. The Bertz CT molecular complexity index is 451. The van der Waals surface area contributed by atoms with Crippen molar-refractivity contribution in [3.8, 4) is 16.9 Å². The predicted octanol–water partition coefficient (Wildman–Crippen LogP) is 1.91. The van der Waals surface area contributed by atoms with Crippen LogP contribution in [0.3, 0.4) is 0 Å². The zero-order chi connectivity index (χ0) is 10.7. The summed E-state index contributed by atoms with van der Waals surface area (Å²) in [5.41, 5.74) is 8.53. The molecule has 0 unspecified atom stereocenters. The zero-order valence-corrected chi connectivity index (χ0v) is 8.22. The highest BCUT2D eigenvalue weighted by molar-refractivity contribution is 5.63. The van der Waals surface area contributed by atoms with Gasteiger partial charge in [0.05, 0.1) is 6.20 Å². The Labute approximate surface area is 88.2 Å². The van der Waals surface area contributed by atoms with Gasteiger partial charge in [0.2, 0.25) is 0 Å². The fraction of sp³-hybridized carbons (Fsp3) is 0.0833. The number of hydrogen-bond donors (Lipinski definition) is 2. The summed E-state index contributed by atoms with van der Waals surface area (Å²) in [6, 6.07) is 9.57. The average Bonchev–Trinajstić information content (AvgIpc) is 2.29. The van der Waals surface area contributed by atoms with Crippen molar-refractivity contribution in [3.05, 3.63) is 48.3 Å². The average molecular weight is 200 g/mol. The maximum Gasteiger partial charge on any atom is 0.134 e. The van der Waals surface area contributed by atoms with Crippen molar-refractivity contribution in [2.45, 2.75) is 6.54 Å². The van der Waals surface area contributed by atoms with E-state index in [4.69, 9.17) is 5.73 Å². The Morgan fingerprint density at radius 3 is 2.40 bits per heavy atom. The summed E-state index contributed by atoms with van der Waals surface area (Å²) in [7, 11) is 0. The minimum Gasteiger partial charge on any atom is -0.506 e. The summed E-state index contributed by atoms with van der Waals surface area (Å²) < 4.78 is 0. The van der Waals surface area contributed by atoms with Crippen molar-refractivity contribution in [1.82, 2.24) is 4.98 Å². The zero-order valence-electron chi connectivity index (χ0n) is 8.22. The van der Waals surface area contributed by atoms with Gasteiger partial charge in [-0.3, -0.25) is 4.98 Å². The maximum atomic E-state index is 9.29. The maximum absolute atomic E-state index is 9.29.